The van der Waals surface area contributed by atoms with Crippen molar-refractivity contribution in [3.8, 4) is 11.5 Å². The molecule has 0 aliphatic heterocycles. The van der Waals surface area contributed by atoms with E-state index in [1.165, 1.54) is 38.5 Å². The third-order valence-corrected chi connectivity index (χ3v) is 3.33. The van der Waals surface area contributed by atoms with E-state index in [4.69, 9.17) is 9.47 Å². The molecule has 2 aromatic carbocycles. The van der Waals surface area contributed by atoms with Crippen molar-refractivity contribution >= 4 is 5.78 Å². The maximum Gasteiger partial charge on any atom is 0.165 e. The van der Waals surface area contributed by atoms with E-state index >= 15 is 0 Å². The molecule has 0 amide bonds. The van der Waals surface area contributed by atoms with Crippen LogP contribution in [0, 0.1) is 11.6 Å². The Bertz CT molecular complexity index is 684. The number of carbonyl (C=O) groups is 1. The van der Waals surface area contributed by atoms with Crippen LogP contribution in [0.2, 0.25) is 0 Å². The van der Waals surface area contributed by atoms with E-state index in [-0.39, 0.29) is 29.3 Å². The summed E-state index contributed by atoms with van der Waals surface area (Å²) in [6.45, 7) is 0. The highest BCUT2D eigenvalue weighted by molar-refractivity contribution is 5.96. The number of Topliss-reactive ketones (excluding diaryl/α,β-unsaturated/α-hetero) is 1. The molecule has 0 aliphatic rings. The molecule has 2 rings (SSSR count). The second kappa shape index (κ2) is 7.02. The van der Waals surface area contributed by atoms with Crippen molar-refractivity contribution in [1.29, 1.82) is 0 Å². The largest absolute Gasteiger partial charge is 0.494 e. The summed E-state index contributed by atoms with van der Waals surface area (Å²) in [5.41, 5.74) is 0.952. The lowest BCUT2D eigenvalue weighted by Crippen LogP contribution is -2.03. The van der Waals surface area contributed by atoms with Gasteiger partial charge in [-0.25, -0.2) is 8.78 Å². The van der Waals surface area contributed by atoms with Crippen LogP contribution in [0.3, 0.4) is 0 Å². The second-order valence-electron chi connectivity index (χ2n) is 4.74. The van der Waals surface area contributed by atoms with Crippen LogP contribution in [-0.2, 0) is 6.42 Å². The van der Waals surface area contributed by atoms with Crippen LogP contribution in [0.15, 0.2) is 36.4 Å². The molecule has 0 saturated carbocycles. The topological polar surface area (TPSA) is 35.5 Å². The molecule has 0 atom stereocenters. The van der Waals surface area contributed by atoms with E-state index in [0.717, 1.165) is 6.07 Å². The molecule has 0 aromatic heterocycles. The van der Waals surface area contributed by atoms with Gasteiger partial charge in [0.2, 0.25) is 0 Å². The van der Waals surface area contributed by atoms with E-state index in [2.05, 4.69) is 0 Å². The molecule has 0 spiro atoms. The average Bonchev–Trinajstić information content (AvgIpc) is 2.52. The first-order valence-electron chi connectivity index (χ1n) is 6.74. The highest BCUT2D eigenvalue weighted by Crippen LogP contribution is 2.21. The molecule has 0 unspecified atom stereocenters. The summed E-state index contributed by atoms with van der Waals surface area (Å²) in [6, 6.07) is 8.62. The lowest BCUT2D eigenvalue weighted by molar-refractivity contribution is 0.0982. The molecule has 0 radical (unpaired) electrons. The molecule has 0 fully saturated rings. The summed E-state index contributed by atoms with van der Waals surface area (Å²) >= 11 is 0. The first kappa shape index (κ1) is 15.9. The third-order valence-electron chi connectivity index (χ3n) is 3.33. The number of hydrogen-bond acceptors (Lipinski definition) is 3. The average molecular weight is 306 g/mol. The number of benzene rings is 2. The minimum absolute atomic E-state index is 0.0915. The quantitative estimate of drug-likeness (QED) is 0.762. The number of aryl methyl sites for hydroxylation is 1. The highest BCUT2D eigenvalue weighted by atomic mass is 19.1. The Morgan fingerprint density at radius 3 is 2.09 bits per heavy atom. The van der Waals surface area contributed by atoms with Gasteiger partial charge in [-0.05, 0) is 42.3 Å². The van der Waals surface area contributed by atoms with Gasteiger partial charge in [0.15, 0.2) is 28.9 Å². The Hall–Kier alpha value is -2.43. The van der Waals surface area contributed by atoms with Gasteiger partial charge < -0.3 is 9.47 Å². The van der Waals surface area contributed by atoms with E-state index in [0.29, 0.717) is 12.0 Å². The SMILES string of the molecule is COc1ccc(CCC(=O)c2ccc(OC)c(F)c2)cc1F. The Morgan fingerprint density at radius 1 is 0.955 bits per heavy atom. The van der Waals surface area contributed by atoms with Gasteiger partial charge in [0.1, 0.15) is 0 Å². The molecule has 22 heavy (non-hydrogen) atoms. The Morgan fingerprint density at radius 2 is 1.55 bits per heavy atom. The molecular formula is C17H16F2O3. The standard InChI is InChI=1S/C17H16F2O3/c1-21-16-7-4-11(9-13(16)18)3-6-15(20)12-5-8-17(22-2)14(19)10-12/h4-5,7-10H,3,6H2,1-2H3. The predicted molar refractivity (Wildman–Crippen MR) is 78.6 cm³/mol. The van der Waals surface area contributed by atoms with Crippen LogP contribution in [0.1, 0.15) is 22.3 Å². The monoisotopic (exact) mass is 306 g/mol. The molecule has 5 heteroatoms. The van der Waals surface area contributed by atoms with Gasteiger partial charge in [-0.3, -0.25) is 4.79 Å². The number of methoxy groups -OCH3 is 2. The van der Waals surface area contributed by atoms with E-state index in [1.807, 2.05) is 0 Å². The number of carbonyl (C=O) groups excluding carboxylic acids is 1. The summed E-state index contributed by atoms with van der Waals surface area (Å²) < 4.78 is 36.8. The molecular weight excluding hydrogens is 290 g/mol. The van der Waals surface area contributed by atoms with Gasteiger partial charge >= 0.3 is 0 Å². The van der Waals surface area contributed by atoms with Crippen molar-refractivity contribution in [1.82, 2.24) is 0 Å². The molecule has 0 N–H and O–H groups in total. The first-order chi connectivity index (χ1) is 10.5. The van der Waals surface area contributed by atoms with Crippen LogP contribution < -0.4 is 9.47 Å². The van der Waals surface area contributed by atoms with Gasteiger partial charge in [-0.2, -0.15) is 0 Å². The highest BCUT2D eigenvalue weighted by Gasteiger charge is 2.11. The summed E-state index contributed by atoms with van der Waals surface area (Å²) in [6.07, 6.45) is 0.533. The molecule has 0 saturated heterocycles. The van der Waals surface area contributed by atoms with Crippen LogP contribution in [-0.4, -0.2) is 20.0 Å². The van der Waals surface area contributed by atoms with Crippen LogP contribution in [0.25, 0.3) is 0 Å². The van der Waals surface area contributed by atoms with Gasteiger partial charge in [0.25, 0.3) is 0 Å². The minimum Gasteiger partial charge on any atom is -0.494 e. The lowest BCUT2D eigenvalue weighted by Gasteiger charge is -2.06. The lowest BCUT2D eigenvalue weighted by atomic mass is 10.0. The summed E-state index contributed by atoms with van der Waals surface area (Å²) in [5, 5.41) is 0. The van der Waals surface area contributed by atoms with Gasteiger partial charge in [0.05, 0.1) is 14.2 Å². The number of halogens is 2. The summed E-state index contributed by atoms with van der Waals surface area (Å²) in [4.78, 5) is 12.1. The Balaban J connectivity index is 2.03. The van der Waals surface area contributed by atoms with Crippen molar-refractivity contribution in [3.63, 3.8) is 0 Å². The van der Waals surface area contributed by atoms with Crippen LogP contribution in [0.4, 0.5) is 8.78 Å². The summed E-state index contributed by atoms with van der Waals surface area (Å²) in [7, 11) is 2.75. The minimum atomic E-state index is -0.580. The fourth-order valence-corrected chi connectivity index (χ4v) is 2.11. The zero-order valence-corrected chi connectivity index (χ0v) is 12.4. The molecule has 116 valence electrons. The number of rotatable bonds is 6. The molecule has 3 nitrogen and oxygen atoms in total. The molecule has 0 bridgehead atoms. The summed E-state index contributed by atoms with van der Waals surface area (Å²) in [5.74, 6) is -1.01. The second-order valence-corrected chi connectivity index (χ2v) is 4.74. The van der Waals surface area contributed by atoms with Gasteiger partial charge in [0, 0.05) is 12.0 Å². The molecule has 2 aromatic rings. The molecule has 0 heterocycles. The van der Waals surface area contributed by atoms with E-state index in [1.54, 1.807) is 6.07 Å². The fourth-order valence-electron chi connectivity index (χ4n) is 2.11. The van der Waals surface area contributed by atoms with Crippen molar-refractivity contribution < 1.29 is 23.0 Å². The van der Waals surface area contributed by atoms with Crippen LogP contribution in [0.5, 0.6) is 11.5 Å². The molecule has 0 aliphatic carbocycles. The van der Waals surface area contributed by atoms with Gasteiger partial charge in [-0.15, -0.1) is 0 Å². The first-order valence-corrected chi connectivity index (χ1v) is 6.74. The van der Waals surface area contributed by atoms with Crippen molar-refractivity contribution in [2.75, 3.05) is 14.2 Å². The fraction of sp³-hybridized carbons (Fsp3) is 0.235. The van der Waals surface area contributed by atoms with E-state index in [9.17, 15) is 13.6 Å². The number of ether oxygens (including phenoxy) is 2. The third kappa shape index (κ3) is 3.61. The normalized spacial score (nSPS) is 10.4. The number of hydrogen-bond donors (Lipinski definition) is 0. The smallest absolute Gasteiger partial charge is 0.165 e. The van der Waals surface area contributed by atoms with Crippen molar-refractivity contribution in [3.05, 3.63) is 59.2 Å². The zero-order valence-electron chi connectivity index (χ0n) is 12.4. The maximum atomic E-state index is 13.6. The van der Waals surface area contributed by atoms with E-state index < -0.39 is 11.6 Å². The van der Waals surface area contributed by atoms with Gasteiger partial charge in [-0.1, -0.05) is 6.07 Å². The predicted octanol–water partition coefficient (Wildman–Crippen LogP) is 3.80. The van der Waals surface area contributed by atoms with Crippen LogP contribution >= 0.6 is 0 Å². The number of ketones is 1. The van der Waals surface area contributed by atoms with Crippen molar-refractivity contribution in [2.24, 2.45) is 0 Å². The maximum absolute atomic E-state index is 13.6. The van der Waals surface area contributed by atoms with Crippen molar-refractivity contribution in [2.45, 2.75) is 12.8 Å². The Labute approximate surface area is 127 Å². The zero-order chi connectivity index (χ0) is 16.1. The Kier molecular flexibility index (Phi) is 5.09.